The molecule has 0 fully saturated rings. The average Bonchev–Trinajstić information content (AvgIpc) is 3.13. The van der Waals surface area contributed by atoms with Crippen LogP contribution in [-0.4, -0.2) is 79.4 Å². The Kier molecular flexibility index (Phi) is 25.7. The molecule has 15 nitrogen and oxygen atoms in total. The van der Waals surface area contributed by atoms with Crippen molar-refractivity contribution in [3.8, 4) is 5.75 Å². The zero-order valence-corrected chi connectivity index (χ0v) is 32.8. The van der Waals surface area contributed by atoms with Gasteiger partial charge in [-0.15, -0.1) is 31.4 Å². The fraction of sp³-hybridized carbons (Fsp3) is 0.421. The van der Waals surface area contributed by atoms with Gasteiger partial charge in [-0.2, -0.15) is 0 Å². The fourth-order valence-corrected chi connectivity index (χ4v) is 5.13. The van der Waals surface area contributed by atoms with Gasteiger partial charge < -0.3 is 47.9 Å². The molecule has 2 rings (SSSR count). The number of nitrogens with one attached hydrogen (secondary N) is 4. The largest absolute Gasteiger partial charge is 0.490 e. The maximum Gasteiger partial charge on any atom is 0.329 e. The summed E-state index contributed by atoms with van der Waals surface area (Å²) in [7, 11) is 0. The molecular weight excluding hydrogens is 751 g/mol. The van der Waals surface area contributed by atoms with E-state index < -0.39 is 53.8 Å². The van der Waals surface area contributed by atoms with E-state index in [2.05, 4.69) is 39.4 Å². The number of carbonyl (C=O) groups excluding carboxylic acids is 5. The van der Waals surface area contributed by atoms with E-state index in [0.717, 1.165) is 11.1 Å². The monoisotopic (exact) mass is 806 g/mol. The summed E-state index contributed by atoms with van der Waals surface area (Å²) < 4.78 is 11.0. The van der Waals surface area contributed by atoms with Crippen molar-refractivity contribution in [1.82, 2.24) is 21.3 Å². The molecule has 0 aliphatic heterocycles. The summed E-state index contributed by atoms with van der Waals surface area (Å²) in [5.74, 6) is -2.53. The van der Waals surface area contributed by atoms with Gasteiger partial charge >= 0.3 is 5.97 Å². The summed E-state index contributed by atoms with van der Waals surface area (Å²) in [5.41, 5.74) is 18.1. The van der Waals surface area contributed by atoms with Gasteiger partial charge in [0, 0.05) is 19.9 Å². The Morgan fingerprint density at radius 3 is 1.87 bits per heavy atom. The Morgan fingerprint density at radius 1 is 0.745 bits per heavy atom. The van der Waals surface area contributed by atoms with Crippen LogP contribution in [0.15, 0.2) is 84.9 Å². The molecule has 55 heavy (non-hydrogen) atoms. The van der Waals surface area contributed by atoms with E-state index in [-0.39, 0.29) is 69.6 Å². The first-order valence-electron chi connectivity index (χ1n) is 17.5. The Bertz CT molecular complexity index is 1530. The maximum atomic E-state index is 13.8. The van der Waals surface area contributed by atoms with Crippen LogP contribution in [0, 0.1) is 0 Å². The zero-order valence-electron chi connectivity index (χ0n) is 31.2. The minimum Gasteiger partial charge on any atom is -0.490 e. The van der Waals surface area contributed by atoms with E-state index in [0.29, 0.717) is 38.2 Å². The second-order valence-corrected chi connectivity index (χ2v) is 12.2. The second-order valence-electron chi connectivity index (χ2n) is 12.2. The number of guanidine groups is 1. The average molecular weight is 808 g/mol. The lowest BCUT2D eigenvalue weighted by Gasteiger charge is -2.26. The van der Waals surface area contributed by atoms with Gasteiger partial charge in [0.15, 0.2) is 5.96 Å². The molecule has 2 aromatic rings. The normalized spacial score (nSPS) is 12.3. The minimum absolute atomic E-state index is 0. The number of esters is 1. The molecule has 2 aromatic carbocycles. The SMILES string of the molecule is C=CCOc1ccc(C[C@H](NC(C)=O)C(=O)N[C@@H](CCCCN)C(=O)N[C@H](CCCN=C(N)N)C(=O)N[C@@H](CC=C)C(=O)OCc2ccccc2)cc1.Cl.Cl. The summed E-state index contributed by atoms with van der Waals surface area (Å²) in [6, 6.07) is 11.8. The molecule has 0 aliphatic rings. The third kappa shape index (κ3) is 20.2. The standard InChI is InChI=1S/C38H54N8O7.2ClH/c1-4-12-32(37(51)53-25-28-13-7-6-8-14-28)46-35(49)31(16-11-22-42-38(40)41)44-34(48)30(15-9-10-21-39)45-36(50)33(43-26(3)47)24-27-17-19-29(20-18-27)52-23-5-2;;/h4-8,13-14,17-20,30-33H,1-2,9-12,15-16,21-25,39H2,3H3,(H,43,47)(H,44,48)(H,45,50)(H,46,49)(H4,40,41,42);2*1H/t30-,31+,32-,33-;;/m0../s1. The molecule has 0 aliphatic carbocycles. The summed E-state index contributed by atoms with van der Waals surface area (Å²) in [5, 5.41) is 10.8. The van der Waals surface area contributed by atoms with Gasteiger partial charge in [0.25, 0.3) is 0 Å². The molecule has 304 valence electrons. The van der Waals surface area contributed by atoms with Crippen molar-refractivity contribution in [2.45, 2.75) is 82.6 Å². The summed E-state index contributed by atoms with van der Waals surface area (Å²) in [4.78, 5) is 70.2. The quantitative estimate of drug-likeness (QED) is 0.0253. The number of halogens is 2. The highest BCUT2D eigenvalue weighted by Gasteiger charge is 2.31. The number of amides is 4. The maximum absolute atomic E-state index is 13.8. The van der Waals surface area contributed by atoms with Crippen LogP contribution in [-0.2, 0) is 41.7 Å². The number of rotatable bonds is 25. The first-order chi connectivity index (χ1) is 25.5. The van der Waals surface area contributed by atoms with Crippen LogP contribution in [0.4, 0.5) is 0 Å². The van der Waals surface area contributed by atoms with Crippen molar-refractivity contribution in [2.24, 2.45) is 22.2 Å². The van der Waals surface area contributed by atoms with Crippen LogP contribution in [0.5, 0.6) is 5.75 Å². The number of aliphatic imine (C=N–C) groups is 1. The first-order valence-corrected chi connectivity index (χ1v) is 17.5. The molecule has 10 N–H and O–H groups in total. The lowest BCUT2D eigenvalue weighted by atomic mass is 10.0. The van der Waals surface area contributed by atoms with Crippen molar-refractivity contribution >= 4 is 60.4 Å². The van der Waals surface area contributed by atoms with Crippen LogP contribution in [0.3, 0.4) is 0 Å². The fourth-order valence-electron chi connectivity index (χ4n) is 5.13. The van der Waals surface area contributed by atoms with E-state index in [1.807, 2.05) is 18.2 Å². The van der Waals surface area contributed by atoms with Crippen molar-refractivity contribution in [1.29, 1.82) is 0 Å². The number of benzene rings is 2. The van der Waals surface area contributed by atoms with Crippen molar-refractivity contribution < 1.29 is 33.4 Å². The predicted molar refractivity (Wildman–Crippen MR) is 218 cm³/mol. The molecule has 17 heteroatoms. The predicted octanol–water partition coefficient (Wildman–Crippen LogP) is 2.10. The number of unbranched alkanes of at least 4 members (excludes halogenated alkanes) is 1. The molecule has 4 atom stereocenters. The number of nitrogens with two attached hydrogens (primary N) is 3. The van der Waals surface area contributed by atoms with Gasteiger partial charge in [-0.3, -0.25) is 24.2 Å². The Hall–Kier alpha value is -5.12. The lowest BCUT2D eigenvalue weighted by Crippen LogP contribution is -2.58. The number of hydrogen-bond acceptors (Lipinski definition) is 9. The third-order valence-electron chi connectivity index (χ3n) is 7.81. The van der Waals surface area contributed by atoms with Gasteiger partial charge in [0.2, 0.25) is 23.6 Å². The second kappa shape index (κ2) is 28.3. The summed E-state index contributed by atoms with van der Waals surface area (Å²) >= 11 is 0. The summed E-state index contributed by atoms with van der Waals surface area (Å²) in [6.07, 6.45) is 4.95. The van der Waals surface area contributed by atoms with E-state index in [1.54, 1.807) is 42.5 Å². The van der Waals surface area contributed by atoms with Crippen molar-refractivity contribution in [3.63, 3.8) is 0 Å². The first kappa shape index (κ1) is 49.9. The van der Waals surface area contributed by atoms with Crippen LogP contribution < -0.4 is 43.2 Å². The molecule has 0 spiro atoms. The highest BCUT2D eigenvalue weighted by molar-refractivity contribution is 5.95. The topological polar surface area (TPSA) is 242 Å². The summed E-state index contributed by atoms with van der Waals surface area (Å²) in [6.45, 7) is 9.48. The van der Waals surface area contributed by atoms with E-state index in [1.165, 1.54) is 13.0 Å². The van der Waals surface area contributed by atoms with E-state index in [9.17, 15) is 24.0 Å². The molecule has 0 unspecified atom stereocenters. The molecule has 0 saturated carbocycles. The Balaban J connectivity index is 0.0000146. The highest BCUT2D eigenvalue weighted by Crippen LogP contribution is 2.14. The minimum atomic E-state index is -1.15. The number of ether oxygens (including phenoxy) is 2. The molecule has 0 aromatic heterocycles. The van der Waals surface area contributed by atoms with Crippen molar-refractivity contribution in [2.75, 3.05) is 19.7 Å². The van der Waals surface area contributed by atoms with Crippen LogP contribution in [0.2, 0.25) is 0 Å². The number of hydrogen-bond donors (Lipinski definition) is 7. The third-order valence-corrected chi connectivity index (χ3v) is 7.81. The molecule has 0 radical (unpaired) electrons. The smallest absolute Gasteiger partial charge is 0.329 e. The van der Waals surface area contributed by atoms with Crippen LogP contribution in [0.1, 0.15) is 56.6 Å². The lowest BCUT2D eigenvalue weighted by molar-refractivity contribution is -0.149. The molecule has 0 heterocycles. The van der Waals surface area contributed by atoms with E-state index >= 15 is 0 Å². The van der Waals surface area contributed by atoms with Gasteiger partial charge in [0.1, 0.15) is 43.1 Å². The van der Waals surface area contributed by atoms with E-state index in [4.69, 9.17) is 26.7 Å². The molecule has 0 saturated heterocycles. The molecule has 4 amide bonds. The van der Waals surface area contributed by atoms with Crippen molar-refractivity contribution in [3.05, 3.63) is 91.0 Å². The Labute approximate surface area is 335 Å². The molecule has 0 bridgehead atoms. The van der Waals surface area contributed by atoms with Crippen LogP contribution >= 0.6 is 24.8 Å². The number of nitrogens with zero attached hydrogens (tertiary/aromatic N) is 1. The highest BCUT2D eigenvalue weighted by atomic mass is 35.5. The zero-order chi connectivity index (χ0) is 39.0. The Morgan fingerprint density at radius 2 is 1.33 bits per heavy atom. The number of carbonyl (C=O) groups is 5. The van der Waals surface area contributed by atoms with Gasteiger partial charge in [0.05, 0.1) is 0 Å². The van der Waals surface area contributed by atoms with Gasteiger partial charge in [-0.05, 0) is 68.3 Å². The molecular formula is C38H56Cl2N8O7. The van der Waals surface area contributed by atoms with Gasteiger partial charge in [-0.25, -0.2) is 4.79 Å². The van der Waals surface area contributed by atoms with Crippen LogP contribution in [0.25, 0.3) is 0 Å². The van der Waals surface area contributed by atoms with Gasteiger partial charge in [-0.1, -0.05) is 61.2 Å².